The van der Waals surface area contributed by atoms with E-state index < -0.39 is 11.9 Å². The van der Waals surface area contributed by atoms with Gasteiger partial charge in [-0.15, -0.1) is 30.0 Å². The molecule has 1 aromatic heterocycles. The molecule has 10 nitrogen and oxygen atoms in total. The summed E-state index contributed by atoms with van der Waals surface area (Å²) in [5.41, 5.74) is 3.58. The minimum Gasteiger partial charge on any atom is -0.497 e. The van der Waals surface area contributed by atoms with Gasteiger partial charge >= 0.3 is 12.4 Å². The number of carbonyl (C=O) groups excluding carboxylic acids is 2. The SMILES string of the molecule is COc1ccc(N2C(=O)CSC2NC(=O)NCCCCc2ccc(-c3ncn(-c4ccc(OC(F)(F)F)cc4)n3)cc2)c(C)c1. The summed E-state index contributed by atoms with van der Waals surface area (Å²) in [6.07, 6.45) is -0.816. The molecule has 1 atom stereocenters. The monoisotopic (exact) mass is 640 g/mol. The maximum Gasteiger partial charge on any atom is 0.573 e. The summed E-state index contributed by atoms with van der Waals surface area (Å²) >= 11 is 1.37. The van der Waals surface area contributed by atoms with Crippen molar-refractivity contribution in [1.29, 1.82) is 0 Å². The first-order valence-corrected chi connectivity index (χ1v) is 15.1. The van der Waals surface area contributed by atoms with Crippen molar-refractivity contribution < 1.29 is 32.2 Å². The molecule has 14 heteroatoms. The summed E-state index contributed by atoms with van der Waals surface area (Å²) < 4.78 is 47.8. The Balaban J connectivity index is 1.05. The zero-order chi connectivity index (χ0) is 32.0. The highest BCUT2D eigenvalue weighted by atomic mass is 32.2. The van der Waals surface area contributed by atoms with Gasteiger partial charge in [0.1, 0.15) is 17.8 Å². The van der Waals surface area contributed by atoms with Gasteiger partial charge in [0.15, 0.2) is 11.3 Å². The fourth-order valence-corrected chi connectivity index (χ4v) is 5.79. The maximum absolute atomic E-state index is 12.6. The molecule has 236 valence electrons. The van der Waals surface area contributed by atoms with Gasteiger partial charge in [-0.25, -0.2) is 14.5 Å². The van der Waals surface area contributed by atoms with Crippen LogP contribution in [0.1, 0.15) is 24.0 Å². The number of halogens is 3. The number of rotatable bonds is 11. The van der Waals surface area contributed by atoms with Crippen molar-refractivity contribution in [2.24, 2.45) is 0 Å². The van der Waals surface area contributed by atoms with Crippen LogP contribution >= 0.6 is 11.8 Å². The minimum atomic E-state index is -4.75. The highest BCUT2D eigenvalue weighted by Crippen LogP contribution is 2.33. The molecule has 45 heavy (non-hydrogen) atoms. The lowest BCUT2D eigenvalue weighted by Crippen LogP contribution is -2.48. The number of urea groups is 1. The molecule has 1 unspecified atom stereocenters. The van der Waals surface area contributed by atoms with E-state index in [9.17, 15) is 22.8 Å². The molecule has 0 aliphatic carbocycles. The Morgan fingerprint density at radius 2 is 1.78 bits per heavy atom. The highest BCUT2D eigenvalue weighted by Gasteiger charge is 2.35. The number of aryl methyl sites for hydroxylation is 2. The Morgan fingerprint density at radius 3 is 2.47 bits per heavy atom. The summed E-state index contributed by atoms with van der Waals surface area (Å²) in [5, 5.41) is 10.2. The lowest BCUT2D eigenvalue weighted by atomic mass is 10.1. The Labute approximate surface area is 261 Å². The third-order valence-electron chi connectivity index (χ3n) is 7.00. The largest absolute Gasteiger partial charge is 0.573 e. The molecule has 3 aromatic carbocycles. The molecule has 2 N–H and O–H groups in total. The fraction of sp³-hybridized carbons (Fsp3) is 0.290. The van der Waals surface area contributed by atoms with Crippen LogP contribution in [0.25, 0.3) is 17.1 Å². The van der Waals surface area contributed by atoms with E-state index in [-0.39, 0.29) is 23.4 Å². The molecular formula is C31H31F3N6O4S. The molecule has 0 bridgehead atoms. The quantitative estimate of drug-likeness (QED) is 0.198. The number of nitrogens with one attached hydrogen (secondary N) is 2. The number of nitrogens with zero attached hydrogens (tertiary/aromatic N) is 4. The van der Waals surface area contributed by atoms with Crippen LogP contribution < -0.4 is 25.0 Å². The second-order valence-corrected chi connectivity index (χ2v) is 11.3. The van der Waals surface area contributed by atoms with Crippen molar-refractivity contribution in [1.82, 2.24) is 25.4 Å². The topological polar surface area (TPSA) is 111 Å². The average molecular weight is 641 g/mol. The number of aromatic nitrogens is 3. The summed E-state index contributed by atoms with van der Waals surface area (Å²) in [6.45, 7) is 2.39. The molecule has 4 aromatic rings. The Bertz CT molecular complexity index is 1630. The average Bonchev–Trinajstić information content (AvgIpc) is 3.64. The second-order valence-electron chi connectivity index (χ2n) is 10.2. The van der Waals surface area contributed by atoms with Crippen LogP contribution in [0.2, 0.25) is 0 Å². The van der Waals surface area contributed by atoms with Crippen LogP contribution in [0.15, 0.2) is 73.1 Å². The van der Waals surface area contributed by atoms with Gasteiger partial charge in [-0.05, 0) is 79.8 Å². The van der Waals surface area contributed by atoms with E-state index in [2.05, 4.69) is 25.5 Å². The van der Waals surface area contributed by atoms with Crippen LogP contribution in [0.3, 0.4) is 0 Å². The number of alkyl halides is 3. The van der Waals surface area contributed by atoms with Gasteiger partial charge < -0.3 is 20.1 Å². The predicted molar refractivity (Wildman–Crippen MR) is 164 cm³/mol. The number of hydrogen-bond donors (Lipinski definition) is 2. The van der Waals surface area contributed by atoms with Crippen LogP contribution in [0.5, 0.6) is 11.5 Å². The molecule has 1 fully saturated rings. The van der Waals surface area contributed by atoms with E-state index in [1.54, 1.807) is 18.1 Å². The highest BCUT2D eigenvalue weighted by molar-refractivity contribution is 8.01. The van der Waals surface area contributed by atoms with Crippen molar-refractivity contribution in [3.8, 4) is 28.6 Å². The molecule has 1 saturated heterocycles. The van der Waals surface area contributed by atoms with Crippen molar-refractivity contribution in [2.45, 2.75) is 38.0 Å². The van der Waals surface area contributed by atoms with E-state index in [1.165, 1.54) is 47.0 Å². The van der Waals surface area contributed by atoms with E-state index in [1.807, 2.05) is 43.3 Å². The van der Waals surface area contributed by atoms with Crippen LogP contribution in [-0.2, 0) is 11.2 Å². The molecule has 1 aliphatic rings. The smallest absolute Gasteiger partial charge is 0.497 e. The molecule has 1 aliphatic heterocycles. The molecular weight excluding hydrogens is 609 g/mol. The summed E-state index contributed by atoms with van der Waals surface area (Å²) in [5.74, 6) is 1.09. The molecule has 0 saturated carbocycles. The minimum absolute atomic E-state index is 0.0677. The molecule has 5 rings (SSSR count). The number of methoxy groups -OCH3 is 1. The van der Waals surface area contributed by atoms with Crippen molar-refractivity contribution >= 4 is 29.4 Å². The van der Waals surface area contributed by atoms with Gasteiger partial charge in [0.2, 0.25) is 5.91 Å². The maximum atomic E-state index is 12.6. The number of amides is 3. The second kappa shape index (κ2) is 13.9. The molecule has 0 radical (unpaired) electrons. The fourth-order valence-electron chi connectivity index (χ4n) is 4.78. The molecule has 0 spiro atoms. The van der Waals surface area contributed by atoms with Crippen molar-refractivity contribution in [2.75, 3.05) is 24.3 Å². The Kier molecular flexibility index (Phi) is 9.81. The number of anilines is 1. The van der Waals surface area contributed by atoms with E-state index >= 15 is 0 Å². The van der Waals surface area contributed by atoms with E-state index in [0.29, 0.717) is 23.8 Å². The molecule has 2 heterocycles. The van der Waals surface area contributed by atoms with Crippen molar-refractivity contribution in [3.05, 3.63) is 84.2 Å². The number of hydrogen-bond acceptors (Lipinski definition) is 7. The summed E-state index contributed by atoms with van der Waals surface area (Å²) in [6, 6.07) is 18.3. The van der Waals surface area contributed by atoms with Crippen LogP contribution in [0.4, 0.5) is 23.7 Å². The first kappa shape index (κ1) is 31.7. The first-order chi connectivity index (χ1) is 21.6. The number of carbonyl (C=O) groups is 2. The summed E-state index contributed by atoms with van der Waals surface area (Å²) in [7, 11) is 1.59. The number of benzene rings is 3. The molecule has 3 amide bonds. The lowest BCUT2D eigenvalue weighted by molar-refractivity contribution is -0.274. The Hall–Kier alpha value is -4.72. The van der Waals surface area contributed by atoms with Crippen molar-refractivity contribution in [3.63, 3.8) is 0 Å². The lowest BCUT2D eigenvalue weighted by Gasteiger charge is -2.26. The van der Waals surface area contributed by atoms with Gasteiger partial charge in [-0.3, -0.25) is 9.69 Å². The number of ether oxygens (including phenoxy) is 2. The van der Waals surface area contributed by atoms with Gasteiger partial charge in [0, 0.05) is 17.8 Å². The van der Waals surface area contributed by atoms with E-state index in [0.717, 1.165) is 41.6 Å². The summed E-state index contributed by atoms with van der Waals surface area (Å²) in [4.78, 5) is 31.1. The Morgan fingerprint density at radius 1 is 1.04 bits per heavy atom. The van der Waals surface area contributed by atoms with Gasteiger partial charge in [-0.1, -0.05) is 24.3 Å². The van der Waals surface area contributed by atoms with Gasteiger partial charge in [0.05, 0.1) is 18.6 Å². The third-order valence-corrected chi connectivity index (χ3v) is 8.06. The first-order valence-electron chi connectivity index (χ1n) is 14.1. The van der Waals surface area contributed by atoms with Crippen LogP contribution in [0, 0.1) is 6.92 Å². The van der Waals surface area contributed by atoms with E-state index in [4.69, 9.17) is 4.74 Å². The zero-order valence-corrected chi connectivity index (χ0v) is 25.3. The third kappa shape index (κ3) is 8.26. The number of thioether (sulfide) groups is 1. The van der Waals surface area contributed by atoms with Gasteiger partial charge in [-0.2, -0.15) is 0 Å². The van der Waals surface area contributed by atoms with Crippen LogP contribution in [-0.4, -0.2) is 58.0 Å². The van der Waals surface area contributed by atoms with Gasteiger partial charge in [0.25, 0.3) is 0 Å². The normalized spacial score (nSPS) is 14.8. The predicted octanol–water partition coefficient (Wildman–Crippen LogP) is 5.84. The number of unbranched alkanes of at least 4 members (excludes halogenated alkanes) is 1. The zero-order valence-electron chi connectivity index (χ0n) is 24.5. The standard InChI is InChI=1S/C31H31F3N6O4S/c1-20-17-25(43-2)14-15-26(20)40-27(41)18-45-30(40)37-29(42)35-16-4-3-5-21-6-8-22(9-7-21)28-36-19-39(38-28)23-10-12-24(13-11-23)44-31(32,33)34/h6-15,17,19,30H,3-5,16,18H2,1-2H3,(H2,35,37,42).